The molecule has 118 valence electrons. The number of hydrogen-bond donors (Lipinski definition) is 2. The number of H-pyrrole nitrogens is 1. The van der Waals surface area contributed by atoms with E-state index in [9.17, 15) is 0 Å². The summed E-state index contributed by atoms with van der Waals surface area (Å²) in [5.41, 5.74) is 13.3. The van der Waals surface area contributed by atoms with E-state index in [1.54, 1.807) is 0 Å². The minimum Gasteiger partial charge on any atom is -0.357 e. The van der Waals surface area contributed by atoms with E-state index in [0.29, 0.717) is 0 Å². The van der Waals surface area contributed by atoms with E-state index in [1.807, 2.05) is 0 Å². The van der Waals surface area contributed by atoms with Crippen LogP contribution in [-0.4, -0.2) is 4.98 Å². The van der Waals surface area contributed by atoms with Crippen LogP contribution in [0.3, 0.4) is 0 Å². The van der Waals surface area contributed by atoms with Gasteiger partial charge in [0.2, 0.25) is 0 Å². The fourth-order valence-corrected chi connectivity index (χ4v) is 4.04. The van der Waals surface area contributed by atoms with Crippen LogP contribution in [-0.2, 0) is 24.8 Å². The molecule has 2 heteroatoms. The van der Waals surface area contributed by atoms with E-state index in [2.05, 4.69) is 60.4 Å². The molecule has 0 saturated heterocycles. The maximum atomic E-state index is 6.91. The number of benzene rings is 2. The van der Waals surface area contributed by atoms with Crippen molar-refractivity contribution in [1.82, 2.24) is 4.98 Å². The van der Waals surface area contributed by atoms with Crippen molar-refractivity contribution in [2.75, 3.05) is 0 Å². The molecule has 0 aliphatic heterocycles. The summed E-state index contributed by atoms with van der Waals surface area (Å²) in [5, 5.41) is 1.38. The van der Waals surface area contributed by atoms with Gasteiger partial charge in [-0.15, -0.1) is 0 Å². The van der Waals surface area contributed by atoms with Crippen molar-refractivity contribution in [3.8, 4) is 0 Å². The molecular formula is C21H24N2. The van der Waals surface area contributed by atoms with Crippen LogP contribution >= 0.6 is 0 Å². The molecule has 1 aliphatic carbocycles. The highest BCUT2D eigenvalue weighted by Crippen LogP contribution is 2.39. The lowest BCUT2D eigenvalue weighted by Crippen LogP contribution is -2.42. The van der Waals surface area contributed by atoms with E-state index in [1.165, 1.54) is 39.7 Å². The first-order valence-corrected chi connectivity index (χ1v) is 8.66. The van der Waals surface area contributed by atoms with Gasteiger partial charge in [0.15, 0.2) is 0 Å². The zero-order valence-corrected chi connectivity index (χ0v) is 13.7. The van der Waals surface area contributed by atoms with Gasteiger partial charge in [0, 0.05) is 16.6 Å². The molecule has 0 bridgehead atoms. The quantitative estimate of drug-likeness (QED) is 0.737. The summed E-state index contributed by atoms with van der Waals surface area (Å²) in [4.78, 5) is 3.65. The van der Waals surface area contributed by atoms with Gasteiger partial charge in [0.1, 0.15) is 0 Å². The van der Waals surface area contributed by atoms with Crippen molar-refractivity contribution >= 4 is 10.9 Å². The maximum Gasteiger partial charge on any atom is 0.0605 e. The zero-order chi connectivity index (χ0) is 15.9. The summed E-state index contributed by atoms with van der Waals surface area (Å²) < 4.78 is 0. The van der Waals surface area contributed by atoms with Gasteiger partial charge in [-0.3, -0.25) is 0 Å². The van der Waals surface area contributed by atoms with Crippen LogP contribution in [0.1, 0.15) is 42.1 Å². The van der Waals surface area contributed by atoms with Gasteiger partial charge in [0.05, 0.1) is 5.54 Å². The summed E-state index contributed by atoms with van der Waals surface area (Å²) in [6.07, 6.45) is 5.32. The molecule has 2 nitrogen and oxygen atoms in total. The van der Waals surface area contributed by atoms with Gasteiger partial charge >= 0.3 is 0 Å². The Balaban J connectivity index is 1.81. The van der Waals surface area contributed by atoms with Crippen LogP contribution in [0.2, 0.25) is 0 Å². The highest BCUT2D eigenvalue weighted by atomic mass is 14.9. The molecule has 1 heterocycles. The standard InChI is InChI=1S/C21H24N2/c1-2-15-10-11-19-18(13-15)17-9-6-12-21(22,20(17)23-19)14-16-7-4-3-5-8-16/h3-5,7-8,10-11,13,23H,2,6,9,12,14,22H2,1H3. The SMILES string of the molecule is CCc1ccc2[nH]c3c(c2c1)CCCC3(N)Cc1ccccc1. The Bertz CT molecular complexity index is 832. The molecule has 1 atom stereocenters. The summed E-state index contributed by atoms with van der Waals surface area (Å²) in [7, 11) is 0. The van der Waals surface area contributed by atoms with Gasteiger partial charge in [-0.25, -0.2) is 0 Å². The van der Waals surface area contributed by atoms with Crippen LogP contribution in [0.25, 0.3) is 10.9 Å². The molecule has 0 radical (unpaired) electrons. The van der Waals surface area contributed by atoms with Gasteiger partial charge in [-0.2, -0.15) is 0 Å². The average Bonchev–Trinajstić information content (AvgIpc) is 2.95. The van der Waals surface area contributed by atoms with Gasteiger partial charge in [-0.05, 0) is 60.9 Å². The van der Waals surface area contributed by atoms with Crippen LogP contribution in [0.5, 0.6) is 0 Å². The lowest BCUT2D eigenvalue weighted by atomic mass is 9.77. The van der Waals surface area contributed by atoms with Gasteiger partial charge in [-0.1, -0.05) is 43.3 Å². The van der Waals surface area contributed by atoms with Crippen molar-refractivity contribution in [3.63, 3.8) is 0 Å². The highest BCUT2D eigenvalue weighted by Gasteiger charge is 2.35. The topological polar surface area (TPSA) is 41.8 Å². The molecule has 1 unspecified atom stereocenters. The highest BCUT2D eigenvalue weighted by molar-refractivity contribution is 5.86. The van der Waals surface area contributed by atoms with Crippen molar-refractivity contribution < 1.29 is 0 Å². The number of rotatable bonds is 3. The Morgan fingerprint density at radius 2 is 1.91 bits per heavy atom. The molecule has 23 heavy (non-hydrogen) atoms. The fraction of sp³-hybridized carbons (Fsp3) is 0.333. The molecule has 4 rings (SSSR count). The molecule has 0 fully saturated rings. The summed E-state index contributed by atoms with van der Waals surface area (Å²) >= 11 is 0. The number of nitrogens with two attached hydrogens (primary N) is 1. The first-order chi connectivity index (χ1) is 11.2. The number of aryl methyl sites for hydroxylation is 2. The third-order valence-electron chi connectivity index (χ3n) is 5.29. The maximum absolute atomic E-state index is 6.91. The van der Waals surface area contributed by atoms with Crippen molar-refractivity contribution in [2.45, 2.75) is 44.6 Å². The third-order valence-corrected chi connectivity index (χ3v) is 5.29. The molecule has 3 N–H and O–H groups in total. The normalized spacial score (nSPS) is 20.6. The van der Waals surface area contributed by atoms with E-state index >= 15 is 0 Å². The minimum atomic E-state index is -0.277. The Labute approximate surface area is 137 Å². The lowest BCUT2D eigenvalue weighted by Gasteiger charge is -2.34. The van der Waals surface area contributed by atoms with Crippen LogP contribution in [0.4, 0.5) is 0 Å². The Morgan fingerprint density at radius 1 is 1.09 bits per heavy atom. The fourth-order valence-electron chi connectivity index (χ4n) is 4.04. The first-order valence-electron chi connectivity index (χ1n) is 8.66. The number of fused-ring (bicyclic) bond motifs is 3. The second-order valence-corrected chi connectivity index (χ2v) is 6.88. The molecule has 0 saturated carbocycles. The van der Waals surface area contributed by atoms with Crippen LogP contribution < -0.4 is 5.73 Å². The number of aromatic amines is 1. The molecule has 0 spiro atoms. The van der Waals surface area contributed by atoms with Crippen molar-refractivity contribution in [1.29, 1.82) is 0 Å². The summed E-state index contributed by atoms with van der Waals surface area (Å²) in [5.74, 6) is 0. The van der Waals surface area contributed by atoms with Gasteiger partial charge < -0.3 is 10.7 Å². The van der Waals surface area contributed by atoms with E-state index in [-0.39, 0.29) is 5.54 Å². The van der Waals surface area contributed by atoms with Gasteiger partial charge in [0.25, 0.3) is 0 Å². The molecule has 3 aromatic rings. The minimum absolute atomic E-state index is 0.277. The average molecular weight is 304 g/mol. The molecule has 0 amide bonds. The number of aromatic nitrogens is 1. The summed E-state index contributed by atoms with van der Waals surface area (Å²) in [6.45, 7) is 2.21. The second kappa shape index (κ2) is 5.54. The first kappa shape index (κ1) is 14.5. The monoisotopic (exact) mass is 304 g/mol. The van der Waals surface area contributed by atoms with Crippen LogP contribution in [0, 0.1) is 0 Å². The predicted molar refractivity (Wildman–Crippen MR) is 96.6 cm³/mol. The van der Waals surface area contributed by atoms with E-state index in [4.69, 9.17) is 5.73 Å². The second-order valence-electron chi connectivity index (χ2n) is 6.88. The van der Waals surface area contributed by atoms with E-state index < -0.39 is 0 Å². The van der Waals surface area contributed by atoms with E-state index in [0.717, 1.165) is 25.7 Å². The number of hydrogen-bond acceptors (Lipinski definition) is 1. The Kier molecular flexibility index (Phi) is 3.50. The molecular weight excluding hydrogens is 280 g/mol. The molecule has 2 aromatic carbocycles. The lowest BCUT2D eigenvalue weighted by molar-refractivity contribution is 0.362. The third kappa shape index (κ3) is 2.47. The molecule has 1 aromatic heterocycles. The van der Waals surface area contributed by atoms with Crippen molar-refractivity contribution in [3.05, 3.63) is 70.9 Å². The summed E-state index contributed by atoms with van der Waals surface area (Å²) in [6, 6.07) is 17.4. The largest absolute Gasteiger partial charge is 0.357 e. The number of nitrogens with one attached hydrogen (secondary N) is 1. The Hall–Kier alpha value is -2.06. The predicted octanol–water partition coefficient (Wildman–Crippen LogP) is 4.46. The van der Waals surface area contributed by atoms with Crippen LogP contribution in [0.15, 0.2) is 48.5 Å². The molecule has 1 aliphatic rings. The van der Waals surface area contributed by atoms with Crippen molar-refractivity contribution in [2.24, 2.45) is 5.73 Å². The zero-order valence-electron chi connectivity index (χ0n) is 13.7. The Morgan fingerprint density at radius 3 is 2.70 bits per heavy atom. The smallest absolute Gasteiger partial charge is 0.0605 e.